The fourth-order valence-corrected chi connectivity index (χ4v) is 4.38. The number of piperidine rings is 1. The van der Waals surface area contributed by atoms with Crippen LogP contribution in [0.1, 0.15) is 48.4 Å². The Balaban J connectivity index is 1.44. The first-order valence-corrected chi connectivity index (χ1v) is 11.1. The summed E-state index contributed by atoms with van der Waals surface area (Å²) in [5.41, 5.74) is 0.901. The number of amides is 2. The molecule has 1 heterocycles. The van der Waals surface area contributed by atoms with Crippen LogP contribution in [0, 0.1) is 11.8 Å². The molecule has 0 unspecified atom stereocenters. The Bertz CT molecular complexity index is 957. The molecule has 2 aromatic rings. The van der Waals surface area contributed by atoms with Crippen LogP contribution in [-0.2, 0) is 22.2 Å². The van der Waals surface area contributed by atoms with E-state index in [1.54, 1.807) is 11.0 Å². The Hall–Kier alpha value is -2.83. The van der Waals surface area contributed by atoms with Gasteiger partial charge in [-0.15, -0.1) is 0 Å². The molecule has 170 valence electrons. The summed E-state index contributed by atoms with van der Waals surface area (Å²) in [5, 5.41) is 2.96. The fraction of sp³-hybridized carbons (Fsp3) is 0.440. The molecule has 7 heteroatoms. The molecule has 2 atom stereocenters. The number of rotatable bonds is 6. The second-order valence-corrected chi connectivity index (χ2v) is 8.70. The molecule has 32 heavy (non-hydrogen) atoms. The molecule has 1 saturated carbocycles. The molecule has 1 saturated heterocycles. The number of hydrogen-bond acceptors (Lipinski definition) is 2. The quantitative estimate of drug-likeness (QED) is 0.699. The molecule has 0 bridgehead atoms. The van der Waals surface area contributed by atoms with Crippen molar-refractivity contribution in [2.45, 2.75) is 44.3 Å². The van der Waals surface area contributed by atoms with Crippen molar-refractivity contribution in [1.29, 1.82) is 0 Å². The molecule has 1 N–H and O–H groups in total. The van der Waals surface area contributed by atoms with E-state index in [0.29, 0.717) is 24.9 Å². The number of hydrogen-bond donors (Lipinski definition) is 1. The highest BCUT2D eigenvalue weighted by Gasteiger charge is 2.41. The molecule has 0 aromatic heterocycles. The van der Waals surface area contributed by atoms with Crippen LogP contribution in [0.2, 0.25) is 0 Å². The lowest BCUT2D eigenvalue weighted by Gasteiger charge is -2.40. The van der Waals surface area contributed by atoms with Crippen molar-refractivity contribution >= 4 is 11.8 Å². The van der Waals surface area contributed by atoms with E-state index in [9.17, 15) is 22.8 Å². The second-order valence-electron chi connectivity index (χ2n) is 8.70. The van der Waals surface area contributed by atoms with Crippen molar-refractivity contribution in [2.24, 2.45) is 11.8 Å². The maximum absolute atomic E-state index is 13.2. The fourth-order valence-electron chi connectivity index (χ4n) is 4.38. The number of carbonyl (C=O) groups is 2. The third-order valence-corrected chi connectivity index (χ3v) is 6.32. The highest BCUT2D eigenvalue weighted by molar-refractivity contribution is 5.84. The summed E-state index contributed by atoms with van der Waals surface area (Å²) in [6.07, 6.45) is -1.10. The molecule has 2 amide bonds. The molecule has 1 aliphatic heterocycles. The van der Waals surface area contributed by atoms with Crippen molar-refractivity contribution in [3.8, 4) is 0 Å². The van der Waals surface area contributed by atoms with E-state index in [2.05, 4.69) is 5.32 Å². The van der Waals surface area contributed by atoms with Gasteiger partial charge in [-0.05, 0) is 55.4 Å². The number of halogens is 3. The van der Waals surface area contributed by atoms with E-state index < -0.39 is 17.8 Å². The Morgan fingerprint density at radius 2 is 1.66 bits per heavy atom. The Morgan fingerprint density at radius 1 is 0.938 bits per heavy atom. The summed E-state index contributed by atoms with van der Waals surface area (Å²) in [5.74, 6) is -0.565. The standard InChI is InChI=1S/C25H27F3N2O2/c26-25(27,28)21-8-4-7-19(15-21)22-12-11-20(16-30(22)24(32)18-9-10-18)23(31)29-14-13-17-5-2-1-3-6-17/h1-8,15,18,20,22H,9-14,16H2,(H,29,31)/t20-,22+/m1/s1. The van der Waals surface area contributed by atoms with Crippen LogP contribution in [0.15, 0.2) is 54.6 Å². The smallest absolute Gasteiger partial charge is 0.355 e. The van der Waals surface area contributed by atoms with Gasteiger partial charge in [0.2, 0.25) is 11.8 Å². The number of nitrogens with zero attached hydrogens (tertiary/aromatic N) is 1. The normalized spacial score (nSPS) is 21.3. The van der Waals surface area contributed by atoms with Crippen molar-refractivity contribution in [2.75, 3.05) is 13.1 Å². The Morgan fingerprint density at radius 3 is 2.34 bits per heavy atom. The van der Waals surface area contributed by atoms with Crippen molar-refractivity contribution in [1.82, 2.24) is 10.2 Å². The Labute approximate surface area is 185 Å². The first-order valence-electron chi connectivity index (χ1n) is 11.1. The summed E-state index contributed by atoms with van der Waals surface area (Å²) >= 11 is 0. The van der Waals surface area contributed by atoms with Gasteiger partial charge in [-0.25, -0.2) is 0 Å². The van der Waals surface area contributed by atoms with Gasteiger partial charge in [0.15, 0.2) is 0 Å². The predicted octanol–water partition coefficient (Wildman–Crippen LogP) is 4.75. The van der Waals surface area contributed by atoms with E-state index in [-0.39, 0.29) is 30.2 Å². The number of benzene rings is 2. The van der Waals surface area contributed by atoms with Gasteiger partial charge in [0, 0.05) is 19.0 Å². The molecule has 2 aliphatic rings. The topological polar surface area (TPSA) is 49.4 Å². The van der Waals surface area contributed by atoms with Gasteiger partial charge in [0.05, 0.1) is 17.5 Å². The van der Waals surface area contributed by atoms with Crippen molar-refractivity contribution in [3.63, 3.8) is 0 Å². The molecule has 2 fully saturated rings. The van der Waals surface area contributed by atoms with Crippen LogP contribution in [0.3, 0.4) is 0 Å². The Kier molecular flexibility index (Phi) is 6.53. The molecule has 1 aliphatic carbocycles. The predicted molar refractivity (Wildman–Crippen MR) is 115 cm³/mol. The first kappa shape index (κ1) is 22.4. The van der Waals surface area contributed by atoms with Crippen molar-refractivity contribution in [3.05, 3.63) is 71.3 Å². The van der Waals surface area contributed by atoms with E-state index in [4.69, 9.17) is 0 Å². The zero-order valence-electron chi connectivity index (χ0n) is 17.8. The molecule has 0 radical (unpaired) electrons. The monoisotopic (exact) mass is 444 g/mol. The lowest BCUT2D eigenvalue weighted by Crippen LogP contribution is -2.47. The summed E-state index contributed by atoms with van der Waals surface area (Å²) in [4.78, 5) is 27.4. The first-order chi connectivity index (χ1) is 15.3. The van der Waals surface area contributed by atoms with E-state index >= 15 is 0 Å². The number of alkyl halides is 3. The molecule has 4 nitrogen and oxygen atoms in total. The minimum Gasteiger partial charge on any atom is -0.355 e. The van der Waals surface area contributed by atoms with Gasteiger partial charge < -0.3 is 10.2 Å². The summed E-state index contributed by atoms with van der Waals surface area (Å²) in [7, 11) is 0. The third kappa shape index (κ3) is 5.31. The highest BCUT2D eigenvalue weighted by atomic mass is 19.4. The van der Waals surface area contributed by atoms with Gasteiger partial charge in [0.25, 0.3) is 0 Å². The lowest BCUT2D eigenvalue weighted by atomic mass is 9.87. The lowest BCUT2D eigenvalue weighted by molar-refractivity contribution is -0.140. The minimum absolute atomic E-state index is 0.0470. The maximum atomic E-state index is 13.2. The van der Waals surface area contributed by atoms with Crippen LogP contribution >= 0.6 is 0 Å². The van der Waals surface area contributed by atoms with E-state index in [1.807, 2.05) is 30.3 Å². The van der Waals surface area contributed by atoms with Crippen LogP contribution < -0.4 is 5.32 Å². The van der Waals surface area contributed by atoms with Gasteiger partial charge in [0.1, 0.15) is 0 Å². The van der Waals surface area contributed by atoms with E-state index in [0.717, 1.165) is 37.0 Å². The van der Waals surface area contributed by atoms with Gasteiger partial charge >= 0.3 is 6.18 Å². The second kappa shape index (κ2) is 9.35. The van der Waals surface area contributed by atoms with Crippen LogP contribution in [0.5, 0.6) is 0 Å². The highest BCUT2D eigenvalue weighted by Crippen LogP contribution is 2.40. The molecule has 2 aromatic carbocycles. The largest absolute Gasteiger partial charge is 0.416 e. The van der Waals surface area contributed by atoms with Crippen molar-refractivity contribution < 1.29 is 22.8 Å². The van der Waals surface area contributed by atoms with Crippen LogP contribution in [0.25, 0.3) is 0 Å². The van der Waals surface area contributed by atoms with E-state index in [1.165, 1.54) is 6.07 Å². The number of carbonyl (C=O) groups excluding carboxylic acids is 2. The molecular formula is C25H27F3N2O2. The maximum Gasteiger partial charge on any atom is 0.416 e. The minimum atomic E-state index is -4.43. The summed E-state index contributed by atoms with van der Waals surface area (Å²) in [6, 6.07) is 14.6. The zero-order valence-corrected chi connectivity index (χ0v) is 17.8. The van der Waals surface area contributed by atoms with Crippen LogP contribution in [-0.4, -0.2) is 29.8 Å². The van der Waals surface area contributed by atoms with Gasteiger partial charge in [-0.1, -0.05) is 42.5 Å². The third-order valence-electron chi connectivity index (χ3n) is 6.32. The molecule has 0 spiro atoms. The van der Waals surface area contributed by atoms with Gasteiger partial charge in [-0.2, -0.15) is 13.2 Å². The number of nitrogens with one attached hydrogen (secondary N) is 1. The molecular weight excluding hydrogens is 417 g/mol. The zero-order chi connectivity index (χ0) is 22.7. The van der Waals surface area contributed by atoms with Gasteiger partial charge in [-0.3, -0.25) is 9.59 Å². The SMILES string of the molecule is O=C(NCCc1ccccc1)[C@@H]1CC[C@@H](c2cccc(C(F)(F)F)c2)N(C(=O)C2CC2)C1. The summed E-state index contributed by atoms with van der Waals surface area (Å²) < 4.78 is 39.6. The van der Waals surface area contributed by atoms with Crippen LogP contribution in [0.4, 0.5) is 13.2 Å². The average Bonchev–Trinajstić information content (AvgIpc) is 3.64. The average molecular weight is 444 g/mol. The summed E-state index contributed by atoms with van der Waals surface area (Å²) in [6.45, 7) is 0.750. The molecule has 4 rings (SSSR count). The number of likely N-dealkylation sites (tertiary alicyclic amines) is 1.